The van der Waals surface area contributed by atoms with Gasteiger partial charge in [-0.15, -0.1) is 11.3 Å². The summed E-state index contributed by atoms with van der Waals surface area (Å²) in [6, 6.07) is -0.610. The molecule has 27 heavy (non-hydrogen) atoms. The van der Waals surface area contributed by atoms with Crippen molar-refractivity contribution in [3.8, 4) is 0 Å². The zero-order valence-electron chi connectivity index (χ0n) is 16.0. The van der Waals surface area contributed by atoms with E-state index in [-0.39, 0.29) is 34.9 Å². The summed E-state index contributed by atoms with van der Waals surface area (Å²) < 4.78 is 5.08. The number of anilines is 1. The van der Waals surface area contributed by atoms with Crippen molar-refractivity contribution in [1.29, 1.82) is 0 Å². The molecule has 3 amide bonds. The molecule has 1 atom stereocenters. The predicted octanol–water partition coefficient (Wildman–Crippen LogP) is 1.93. The van der Waals surface area contributed by atoms with Gasteiger partial charge in [0.25, 0.3) is 5.91 Å². The molecule has 1 aliphatic rings. The van der Waals surface area contributed by atoms with E-state index in [9.17, 15) is 19.2 Å². The Morgan fingerprint density at radius 3 is 2.52 bits per heavy atom. The van der Waals surface area contributed by atoms with Crippen molar-refractivity contribution < 1.29 is 23.9 Å². The predicted molar refractivity (Wildman–Crippen MR) is 102 cm³/mol. The summed E-state index contributed by atoms with van der Waals surface area (Å²) in [5.74, 6) is -1.36. The molecule has 8 nitrogen and oxygen atoms in total. The monoisotopic (exact) mass is 395 g/mol. The van der Waals surface area contributed by atoms with Crippen LogP contribution < -0.4 is 10.6 Å². The second-order valence-electron chi connectivity index (χ2n) is 6.16. The van der Waals surface area contributed by atoms with Crippen molar-refractivity contribution in [3.05, 3.63) is 16.0 Å². The van der Waals surface area contributed by atoms with Crippen LogP contribution >= 0.6 is 11.3 Å². The number of ether oxygens (including phenoxy) is 1. The lowest BCUT2D eigenvalue weighted by Crippen LogP contribution is -2.44. The van der Waals surface area contributed by atoms with E-state index in [0.717, 1.165) is 17.8 Å². The maximum absolute atomic E-state index is 12.8. The first kappa shape index (κ1) is 20.9. The fraction of sp³-hybridized carbons (Fsp3) is 0.556. The maximum Gasteiger partial charge on any atom is 0.341 e. The number of rotatable bonds is 7. The molecule has 1 unspecified atom stereocenters. The van der Waals surface area contributed by atoms with Gasteiger partial charge in [0.15, 0.2) is 0 Å². The van der Waals surface area contributed by atoms with E-state index >= 15 is 0 Å². The highest BCUT2D eigenvalue weighted by Gasteiger charge is 2.33. The van der Waals surface area contributed by atoms with Crippen molar-refractivity contribution in [3.63, 3.8) is 0 Å². The molecule has 9 heteroatoms. The third-order valence-corrected chi connectivity index (χ3v) is 5.68. The third kappa shape index (κ3) is 4.29. The van der Waals surface area contributed by atoms with Crippen molar-refractivity contribution in [1.82, 2.24) is 10.2 Å². The van der Waals surface area contributed by atoms with E-state index in [2.05, 4.69) is 10.6 Å². The summed E-state index contributed by atoms with van der Waals surface area (Å²) in [4.78, 5) is 51.2. The van der Waals surface area contributed by atoms with Crippen molar-refractivity contribution in [2.45, 2.75) is 46.1 Å². The van der Waals surface area contributed by atoms with E-state index in [1.54, 1.807) is 18.7 Å². The first-order valence-corrected chi connectivity index (χ1v) is 9.80. The smallest absolute Gasteiger partial charge is 0.341 e. The van der Waals surface area contributed by atoms with Crippen molar-refractivity contribution >= 4 is 40.0 Å². The van der Waals surface area contributed by atoms with Crippen LogP contribution in [0, 0.1) is 6.92 Å². The average Bonchev–Trinajstić information content (AvgIpc) is 3.19. The van der Waals surface area contributed by atoms with Gasteiger partial charge in [0, 0.05) is 20.0 Å². The molecule has 0 spiro atoms. The Hall–Kier alpha value is -2.42. The highest BCUT2D eigenvalue weighted by atomic mass is 32.1. The number of carbonyl (C=O) groups is 4. The van der Waals surface area contributed by atoms with Crippen LogP contribution in [0.3, 0.4) is 0 Å². The molecule has 1 aromatic rings. The van der Waals surface area contributed by atoms with Gasteiger partial charge in [-0.25, -0.2) is 4.79 Å². The van der Waals surface area contributed by atoms with Crippen LogP contribution in [0.1, 0.15) is 58.7 Å². The molecule has 1 fully saturated rings. The summed E-state index contributed by atoms with van der Waals surface area (Å²) in [7, 11) is 1.50. The molecule has 0 aliphatic carbocycles. The molecule has 0 saturated carbocycles. The molecule has 2 N–H and O–H groups in total. The highest BCUT2D eigenvalue weighted by molar-refractivity contribution is 7.18. The Balaban J connectivity index is 2.35. The van der Waals surface area contributed by atoms with Gasteiger partial charge in [-0.1, -0.05) is 6.92 Å². The molecular formula is C18H25N3O5S. The fourth-order valence-corrected chi connectivity index (χ4v) is 4.27. The Labute approximate surface area is 162 Å². The normalized spacial score (nSPS) is 14.8. The molecule has 0 bridgehead atoms. The van der Waals surface area contributed by atoms with Crippen molar-refractivity contribution in [2.24, 2.45) is 0 Å². The number of esters is 1. The topological polar surface area (TPSA) is 105 Å². The number of amides is 3. The molecule has 1 aromatic heterocycles. The summed E-state index contributed by atoms with van der Waals surface area (Å²) in [5.41, 5.74) is 0.634. The number of likely N-dealkylation sites (tertiary alicyclic amines) is 1. The molecule has 0 aromatic carbocycles. The van der Waals surface area contributed by atoms with Crippen LogP contribution in [0.4, 0.5) is 5.00 Å². The summed E-state index contributed by atoms with van der Waals surface area (Å²) in [5, 5.41) is 5.53. The van der Waals surface area contributed by atoms with E-state index in [4.69, 9.17) is 4.74 Å². The molecule has 2 heterocycles. The maximum atomic E-state index is 12.8. The van der Waals surface area contributed by atoms with Crippen LogP contribution in [0.15, 0.2) is 0 Å². The largest absolute Gasteiger partial charge is 0.462 e. The molecule has 1 saturated heterocycles. The first-order chi connectivity index (χ1) is 12.8. The van der Waals surface area contributed by atoms with Crippen LogP contribution in [0.5, 0.6) is 0 Å². The number of nitrogens with zero attached hydrogens (tertiary/aromatic N) is 1. The minimum Gasteiger partial charge on any atom is -0.462 e. The Morgan fingerprint density at radius 2 is 2.00 bits per heavy atom. The van der Waals surface area contributed by atoms with Gasteiger partial charge in [-0.2, -0.15) is 0 Å². The van der Waals surface area contributed by atoms with Gasteiger partial charge < -0.3 is 20.3 Å². The Bertz CT molecular complexity index is 758. The fourth-order valence-electron chi connectivity index (χ4n) is 3.12. The van der Waals surface area contributed by atoms with Crippen molar-refractivity contribution in [2.75, 3.05) is 25.5 Å². The number of hydrogen-bond acceptors (Lipinski definition) is 6. The number of hydrogen-bond donors (Lipinski definition) is 2. The quantitative estimate of drug-likeness (QED) is 0.687. The van der Waals surface area contributed by atoms with E-state index in [0.29, 0.717) is 29.8 Å². The van der Waals surface area contributed by atoms with Gasteiger partial charge in [0.05, 0.1) is 17.0 Å². The number of thiophene rings is 1. The zero-order chi connectivity index (χ0) is 20.1. The lowest BCUT2D eigenvalue weighted by atomic mass is 10.1. The van der Waals surface area contributed by atoms with Crippen LogP contribution in [0.2, 0.25) is 0 Å². The lowest BCUT2D eigenvalue weighted by molar-refractivity contribution is -0.135. The standard InChI is InChI=1S/C18H25N3O5S/c1-5-11(21-9-7-8-12(21)22)15(23)20-17-13(18(25)26-6-2)10(3)14(27-17)16(24)19-4/h11H,5-9H2,1-4H3,(H,19,24)(H,20,23). The van der Waals surface area contributed by atoms with Gasteiger partial charge in [-0.05, 0) is 32.3 Å². The van der Waals surface area contributed by atoms with E-state index in [1.165, 1.54) is 7.05 Å². The minimum atomic E-state index is -0.610. The van der Waals surface area contributed by atoms with Gasteiger partial charge in [-0.3, -0.25) is 14.4 Å². The molecular weight excluding hydrogens is 370 g/mol. The molecule has 148 valence electrons. The van der Waals surface area contributed by atoms with Crippen LogP contribution in [0.25, 0.3) is 0 Å². The van der Waals surface area contributed by atoms with E-state index < -0.39 is 12.0 Å². The molecule has 1 aliphatic heterocycles. The third-order valence-electron chi connectivity index (χ3n) is 4.47. The van der Waals surface area contributed by atoms with E-state index in [1.807, 2.05) is 6.92 Å². The average molecular weight is 395 g/mol. The Kier molecular flexibility index (Phi) is 6.95. The van der Waals surface area contributed by atoms with Gasteiger partial charge in [0.1, 0.15) is 11.0 Å². The van der Waals surface area contributed by atoms with Crippen LogP contribution in [-0.2, 0) is 14.3 Å². The van der Waals surface area contributed by atoms with Gasteiger partial charge in [0.2, 0.25) is 11.8 Å². The second kappa shape index (κ2) is 8.98. The minimum absolute atomic E-state index is 0.0453. The molecule has 2 rings (SSSR count). The summed E-state index contributed by atoms with van der Waals surface area (Å²) in [6.45, 7) is 5.88. The van der Waals surface area contributed by atoms with Gasteiger partial charge >= 0.3 is 5.97 Å². The first-order valence-electron chi connectivity index (χ1n) is 8.98. The second-order valence-corrected chi connectivity index (χ2v) is 7.18. The number of carbonyl (C=O) groups excluding carboxylic acids is 4. The van der Waals surface area contributed by atoms with Crippen LogP contribution in [-0.4, -0.2) is 54.8 Å². The zero-order valence-corrected chi connectivity index (χ0v) is 16.8. The summed E-state index contributed by atoms with van der Waals surface area (Å²) in [6.07, 6.45) is 1.63. The highest BCUT2D eigenvalue weighted by Crippen LogP contribution is 2.34. The summed E-state index contributed by atoms with van der Waals surface area (Å²) >= 11 is 1.02. The Morgan fingerprint density at radius 1 is 1.30 bits per heavy atom. The molecule has 0 radical (unpaired) electrons. The number of nitrogens with one attached hydrogen (secondary N) is 2. The lowest BCUT2D eigenvalue weighted by Gasteiger charge is -2.25. The SMILES string of the molecule is CCOC(=O)c1c(NC(=O)C(CC)N2CCCC2=O)sc(C(=O)NC)c1C.